The lowest BCUT2D eigenvalue weighted by molar-refractivity contribution is 0.520. The van der Waals surface area contributed by atoms with Crippen LogP contribution < -0.4 is 0 Å². The fraction of sp³-hybridized carbons (Fsp3) is 0.130. The number of benzene rings is 3. The standard InChI is InChI=1S/C23H20F2N4O2S2/c1-28(2)33(30,31)21-5-3-4-16(14-21)15-32-23-27-26-22(17-6-8-18(24)9-7-17)29(23)20-12-10-19(25)11-13-20/h3-14H,15H2,1-2H3. The summed E-state index contributed by atoms with van der Waals surface area (Å²) in [6.07, 6.45) is 0. The summed E-state index contributed by atoms with van der Waals surface area (Å²) in [6.45, 7) is 0. The minimum atomic E-state index is -3.55. The Morgan fingerprint density at radius 1 is 0.909 bits per heavy atom. The fourth-order valence-corrected chi connectivity index (χ4v) is 4.99. The maximum Gasteiger partial charge on any atom is 0.242 e. The summed E-state index contributed by atoms with van der Waals surface area (Å²) in [4.78, 5) is 0.206. The molecule has 4 rings (SSSR count). The molecular weight excluding hydrogens is 466 g/mol. The Morgan fingerprint density at radius 3 is 2.18 bits per heavy atom. The number of hydrogen-bond donors (Lipinski definition) is 0. The van der Waals surface area contributed by atoms with Gasteiger partial charge in [-0.15, -0.1) is 10.2 Å². The highest BCUT2D eigenvalue weighted by Crippen LogP contribution is 2.30. The zero-order chi connectivity index (χ0) is 23.6. The summed E-state index contributed by atoms with van der Waals surface area (Å²) in [5, 5.41) is 9.10. The Hall–Kier alpha value is -3.08. The normalized spacial score (nSPS) is 11.8. The van der Waals surface area contributed by atoms with Crippen LogP contribution in [0.3, 0.4) is 0 Å². The highest BCUT2D eigenvalue weighted by Gasteiger charge is 2.19. The number of halogens is 2. The molecule has 0 amide bonds. The van der Waals surface area contributed by atoms with E-state index in [1.807, 2.05) is 6.07 Å². The molecule has 10 heteroatoms. The number of sulfonamides is 1. The van der Waals surface area contributed by atoms with Crippen LogP contribution in [-0.2, 0) is 15.8 Å². The third kappa shape index (κ3) is 4.97. The molecule has 170 valence electrons. The van der Waals surface area contributed by atoms with Gasteiger partial charge in [0.1, 0.15) is 11.6 Å². The SMILES string of the molecule is CN(C)S(=O)(=O)c1cccc(CSc2nnc(-c3ccc(F)cc3)n2-c2ccc(F)cc2)c1. The third-order valence-electron chi connectivity index (χ3n) is 4.87. The third-order valence-corrected chi connectivity index (χ3v) is 7.68. The van der Waals surface area contributed by atoms with Crippen molar-refractivity contribution < 1.29 is 17.2 Å². The Balaban J connectivity index is 1.69. The molecule has 6 nitrogen and oxygen atoms in total. The van der Waals surface area contributed by atoms with Crippen LogP contribution in [0.1, 0.15) is 5.56 Å². The van der Waals surface area contributed by atoms with Crippen molar-refractivity contribution in [3.63, 3.8) is 0 Å². The maximum atomic E-state index is 13.5. The van der Waals surface area contributed by atoms with Gasteiger partial charge < -0.3 is 0 Å². The van der Waals surface area contributed by atoms with Crippen molar-refractivity contribution in [2.75, 3.05) is 14.1 Å². The lowest BCUT2D eigenvalue weighted by Crippen LogP contribution is -2.22. The molecule has 0 fully saturated rings. The molecule has 0 unspecified atom stereocenters. The van der Waals surface area contributed by atoms with Crippen molar-refractivity contribution in [1.29, 1.82) is 0 Å². The van der Waals surface area contributed by atoms with Gasteiger partial charge in [0.15, 0.2) is 11.0 Å². The molecule has 0 bridgehead atoms. The average molecular weight is 487 g/mol. The van der Waals surface area contributed by atoms with E-state index >= 15 is 0 Å². The zero-order valence-corrected chi connectivity index (χ0v) is 19.4. The van der Waals surface area contributed by atoms with E-state index in [0.29, 0.717) is 28.0 Å². The van der Waals surface area contributed by atoms with E-state index in [2.05, 4.69) is 10.2 Å². The molecule has 1 aromatic heterocycles. The first-order valence-corrected chi connectivity index (χ1v) is 12.3. The second-order valence-electron chi connectivity index (χ2n) is 7.35. The van der Waals surface area contributed by atoms with Crippen molar-refractivity contribution in [3.05, 3.63) is 90.0 Å². The molecule has 0 atom stereocenters. The van der Waals surface area contributed by atoms with Gasteiger partial charge in [-0.1, -0.05) is 23.9 Å². The summed E-state index contributed by atoms with van der Waals surface area (Å²) in [5.74, 6) is 0.171. The molecule has 0 aliphatic carbocycles. The second kappa shape index (κ2) is 9.42. The molecule has 0 saturated carbocycles. The zero-order valence-electron chi connectivity index (χ0n) is 17.8. The first kappa shape index (κ1) is 23.1. The topological polar surface area (TPSA) is 68.1 Å². The van der Waals surface area contributed by atoms with Gasteiger partial charge in [0.05, 0.1) is 4.90 Å². The molecule has 3 aromatic carbocycles. The Labute approximate surface area is 194 Å². The van der Waals surface area contributed by atoms with Gasteiger partial charge in [0.2, 0.25) is 10.0 Å². The summed E-state index contributed by atoms with van der Waals surface area (Å²) in [5.41, 5.74) is 2.09. The van der Waals surface area contributed by atoms with Crippen molar-refractivity contribution in [3.8, 4) is 17.1 Å². The van der Waals surface area contributed by atoms with E-state index < -0.39 is 10.0 Å². The Bertz CT molecular complexity index is 1370. The van der Waals surface area contributed by atoms with E-state index in [1.165, 1.54) is 54.4 Å². The number of thioether (sulfide) groups is 1. The summed E-state index contributed by atoms with van der Waals surface area (Å²) in [7, 11) is -0.578. The quantitative estimate of drug-likeness (QED) is 0.353. The van der Waals surface area contributed by atoms with E-state index in [0.717, 1.165) is 5.56 Å². The maximum absolute atomic E-state index is 13.5. The molecule has 0 radical (unpaired) electrons. The number of nitrogens with zero attached hydrogens (tertiary/aromatic N) is 4. The van der Waals surface area contributed by atoms with E-state index in [9.17, 15) is 17.2 Å². The largest absolute Gasteiger partial charge is 0.270 e. The monoisotopic (exact) mass is 486 g/mol. The van der Waals surface area contributed by atoms with Crippen LogP contribution in [0.5, 0.6) is 0 Å². The van der Waals surface area contributed by atoms with E-state index in [-0.39, 0.29) is 16.5 Å². The van der Waals surface area contributed by atoms with E-state index in [4.69, 9.17) is 0 Å². The molecular formula is C23H20F2N4O2S2. The Morgan fingerprint density at radius 2 is 1.55 bits per heavy atom. The van der Waals surface area contributed by atoms with Gasteiger partial charge in [0, 0.05) is 31.1 Å². The summed E-state index contributed by atoms with van der Waals surface area (Å²) < 4.78 is 54.7. The molecule has 0 saturated heterocycles. The highest BCUT2D eigenvalue weighted by atomic mass is 32.2. The highest BCUT2D eigenvalue weighted by molar-refractivity contribution is 7.98. The van der Waals surface area contributed by atoms with Gasteiger partial charge in [-0.25, -0.2) is 21.5 Å². The lowest BCUT2D eigenvalue weighted by Gasteiger charge is -2.13. The first-order chi connectivity index (χ1) is 15.8. The van der Waals surface area contributed by atoms with Gasteiger partial charge in [-0.3, -0.25) is 4.57 Å². The molecule has 1 heterocycles. The van der Waals surface area contributed by atoms with Crippen molar-refractivity contribution in [1.82, 2.24) is 19.1 Å². The minimum absolute atomic E-state index is 0.206. The fourth-order valence-electron chi connectivity index (χ4n) is 3.13. The van der Waals surface area contributed by atoms with Crippen molar-refractivity contribution in [2.45, 2.75) is 15.8 Å². The second-order valence-corrected chi connectivity index (χ2v) is 10.4. The lowest BCUT2D eigenvalue weighted by atomic mass is 10.2. The Kier molecular flexibility index (Phi) is 6.59. The van der Waals surface area contributed by atoms with Gasteiger partial charge >= 0.3 is 0 Å². The molecule has 0 aliphatic heterocycles. The van der Waals surface area contributed by atoms with Gasteiger partial charge in [-0.2, -0.15) is 0 Å². The van der Waals surface area contributed by atoms with Crippen LogP contribution in [0.15, 0.2) is 82.8 Å². The molecule has 4 aromatic rings. The van der Waals surface area contributed by atoms with Crippen LogP contribution in [0, 0.1) is 11.6 Å². The molecule has 33 heavy (non-hydrogen) atoms. The first-order valence-electron chi connectivity index (χ1n) is 9.87. The molecule has 0 spiro atoms. The number of hydrogen-bond acceptors (Lipinski definition) is 5. The minimum Gasteiger partial charge on any atom is -0.270 e. The van der Waals surface area contributed by atoms with Crippen molar-refractivity contribution >= 4 is 21.8 Å². The smallest absolute Gasteiger partial charge is 0.242 e. The van der Waals surface area contributed by atoms with Gasteiger partial charge in [-0.05, 0) is 66.2 Å². The predicted octanol–water partition coefficient (Wildman–Crippen LogP) is 4.76. The summed E-state index contributed by atoms with van der Waals surface area (Å²) in [6, 6.07) is 18.5. The predicted molar refractivity (Wildman–Crippen MR) is 124 cm³/mol. The van der Waals surface area contributed by atoms with Gasteiger partial charge in [0.25, 0.3) is 0 Å². The van der Waals surface area contributed by atoms with Crippen LogP contribution in [0.25, 0.3) is 17.1 Å². The van der Waals surface area contributed by atoms with Crippen LogP contribution in [0.2, 0.25) is 0 Å². The number of rotatable bonds is 7. The van der Waals surface area contributed by atoms with Crippen LogP contribution in [0.4, 0.5) is 8.78 Å². The summed E-state index contributed by atoms with van der Waals surface area (Å²) >= 11 is 1.36. The van der Waals surface area contributed by atoms with Crippen LogP contribution in [-0.4, -0.2) is 41.6 Å². The molecule has 0 aliphatic rings. The van der Waals surface area contributed by atoms with Crippen molar-refractivity contribution in [2.24, 2.45) is 0 Å². The van der Waals surface area contributed by atoms with E-state index in [1.54, 1.807) is 47.0 Å². The number of aromatic nitrogens is 3. The molecule has 0 N–H and O–H groups in total. The van der Waals surface area contributed by atoms with Crippen LogP contribution >= 0.6 is 11.8 Å². The average Bonchev–Trinajstić information content (AvgIpc) is 3.22.